The van der Waals surface area contributed by atoms with Gasteiger partial charge in [-0.25, -0.2) is 0 Å². The van der Waals surface area contributed by atoms with Gasteiger partial charge >= 0.3 is 0 Å². The molecular formula is C16H17NOS. The highest BCUT2D eigenvalue weighted by Gasteiger charge is 2.18. The van der Waals surface area contributed by atoms with Crippen molar-refractivity contribution in [1.82, 2.24) is 5.32 Å². The molecule has 2 aromatic heterocycles. The second-order valence-electron chi connectivity index (χ2n) is 4.59. The summed E-state index contributed by atoms with van der Waals surface area (Å²) < 4.78 is 6.95. The summed E-state index contributed by atoms with van der Waals surface area (Å²) in [5, 5.41) is 7.03. The Morgan fingerprint density at radius 3 is 2.95 bits per heavy atom. The summed E-state index contributed by atoms with van der Waals surface area (Å²) in [6.07, 6.45) is 2.85. The zero-order valence-electron chi connectivity index (χ0n) is 10.9. The topological polar surface area (TPSA) is 25.2 Å². The highest BCUT2D eigenvalue weighted by atomic mass is 32.1. The molecule has 2 heterocycles. The first-order valence-electron chi connectivity index (χ1n) is 6.63. The molecule has 0 fully saturated rings. The highest BCUT2D eigenvalue weighted by molar-refractivity contribution is 7.17. The van der Waals surface area contributed by atoms with Gasteiger partial charge in [-0.3, -0.25) is 0 Å². The molecule has 19 heavy (non-hydrogen) atoms. The van der Waals surface area contributed by atoms with Crippen molar-refractivity contribution in [2.24, 2.45) is 0 Å². The third-order valence-electron chi connectivity index (χ3n) is 3.25. The molecule has 1 N–H and O–H groups in total. The lowest BCUT2D eigenvalue weighted by molar-refractivity contribution is 0.448. The van der Waals surface area contributed by atoms with Crippen molar-refractivity contribution in [3.8, 4) is 0 Å². The van der Waals surface area contributed by atoms with Crippen LogP contribution in [-0.4, -0.2) is 6.54 Å². The molecular weight excluding hydrogens is 254 g/mol. The van der Waals surface area contributed by atoms with Crippen LogP contribution in [-0.2, 0) is 0 Å². The van der Waals surface area contributed by atoms with Crippen molar-refractivity contribution >= 4 is 21.4 Å². The Kier molecular flexibility index (Phi) is 3.67. The maximum absolute atomic E-state index is 5.61. The lowest BCUT2D eigenvalue weighted by Crippen LogP contribution is -2.22. The smallest absolute Gasteiger partial charge is 0.125 e. The van der Waals surface area contributed by atoms with Crippen LogP contribution in [0, 0.1) is 0 Å². The highest BCUT2D eigenvalue weighted by Crippen LogP contribution is 2.32. The van der Waals surface area contributed by atoms with Crippen molar-refractivity contribution in [3.63, 3.8) is 0 Å². The Morgan fingerprint density at radius 2 is 2.16 bits per heavy atom. The van der Waals surface area contributed by atoms with E-state index < -0.39 is 0 Å². The van der Waals surface area contributed by atoms with Gasteiger partial charge in [-0.1, -0.05) is 25.1 Å². The fraction of sp³-hybridized carbons (Fsp3) is 0.250. The first-order chi connectivity index (χ1) is 9.40. The molecule has 0 aliphatic rings. The predicted molar refractivity (Wildman–Crippen MR) is 80.7 cm³/mol. The molecule has 0 amide bonds. The molecule has 1 aromatic carbocycles. The van der Waals surface area contributed by atoms with E-state index in [2.05, 4.69) is 41.9 Å². The third-order valence-corrected chi connectivity index (χ3v) is 4.23. The van der Waals surface area contributed by atoms with Gasteiger partial charge in [-0.15, -0.1) is 11.3 Å². The number of hydrogen-bond acceptors (Lipinski definition) is 3. The molecule has 1 unspecified atom stereocenters. The van der Waals surface area contributed by atoms with Gasteiger partial charge in [0.05, 0.1) is 12.3 Å². The minimum absolute atomic E-state index is 0.136. The van der Waals surface area contributed by atoms with Gasteiger partial charge in [-0.05, 0) is 47.5 Å². The molecule has 0 radical (unpaired) electrons. The standard InChI is InChI=1S/C16H17NOS/c1-2-9-17-15(14-7-4-10-18-14)13-6-3-5-12-8-11-19-16(12)13/h3-8,10-11,15,17H,2,9H2,1H3. The van der Waals surface area contributed by atoms with Gasteiger partial charge in [0.1, 0.15) is 5.76 Å². The van der Waals surface area contributed by atoms with Crippen LogP contribution in [0.2, 0.25) is 0 Å². The van der Waals surface area contributed by atoms with E-state index in [0.29, 0.717) is 0 Å². The van der Waals surface area contributed by atoms with Crippen LogP contribution in [0.4, 0.5) is 0 Å². The second kappa shape index (κ2) is 5.59. The minimum atomic E-state index is 0.136. The first kappa shape index (κ1) is 12.5. The summed E-state index contributed by atoms with van der Waals surface area (Å²) in [6.45, 7) is 3.16. The maximum atomic E-state index is 5.61. The molecule has 0 spiro atoms. The van der Waals surface area contributed by atoms with E-state index in [0.717, 1.165) is 18.7 Å². The largest absolute Gasteiger partial charge is 0.467 e. The molecule has 1 atom stereocenters. The second-order valence-corrected chi connectivity index (χ2v) is 5.50. The van der Waals surface area contributed by atoms with Gasteiger partial charge in [0.25, 0.3) is 0 Å². The molecule has 0 aliphatic carbocycles. The number of nitrogens with one attached hydrogen (secondary N) is 1. The zero-order chi connectivity index (χ0) is 13.1. The van der Waals surface area contributed by atoms with Crippen LogP contribution in [0.25, 0.3) is 10.1 Å². The van der Waals surface area contributed by atoms with Gasteiger partial charge < -0.3 is 9.73 Å². The summed E-state index contributed by atoms with van der Waals surface area (Å²) >= 11 is 1.79. The van der Waals surface area contributed by atoms with Crippen molar-refractivity contribution in [2.75, 3.05) is 6.54 Å². The Morgan fingerprint density at radius 1 is 1.21 bits per heavy atom. The summed E-state index contributed by atoms with van der Waals surface area (Å²) in [4.78, 5) is 0. The Hall–Kier alpha value is -1.58. The lowest BCUT2D eigenvalue weighted by Gasteiger charge is -2.17. The first-order valence-corrected chi connectivity index (χ1v) is 7.51. The van der Waals surface area contributed by atoms with E-state index in [-0.39, 0.29) is 6.04 Å². The van der Waals surface area contributed by atoms with Gasteiger partial charge in [0.15, 0.2) is 0 Å². The molecule has 3 heteroatoms. The van der Waals surface area contributed by atoms with E-state index >= 15 is 0 Å². The van der Waals surface area contributed by atoms with Crippen LogP contribution < -0.4 is 5.32 Å². The van der Waals surface area contributed by atoms with Crippen molar-refractivity contribution in [3.05, 3.63) is 59.4 Å². The number of benzene rings is 1. The van der Waals surface area contributed by atoms with Crippen molar-refractivity contribution in [1.29, 1.82) is 0 Å². The number of furan rings is 1. The Labute approximate surface area is 117 Å². The average Bonchev–Trinajstić information content (AvgIpc) is 3.10. The van der Waals surface area contributed by atoms with Crippen molar-refractivity contribution in [2.45, 2.75) is 19.4 Å². The van der Waals surface area contributed by atoms with Gasteiger partial charge in [0, 0.05) is 4.70 Å². The molecule has 2 nitrogen and oxygen atoms in total. The van der Waals surface area contributed by atoms with E-state index in [1.54, 1.807) is 17.6 Å². The van der Waals surface area contributed by atoms with Gasteiger partial charge in [0.2, 0.25) is 0 Å². The number of thiophene rings is 1. The summed E-state index contributed by atoms with van der Waals surface area (Å²) in [5.41, 5.74) is 1.30. The fourth-order valence-corrected chi connectivity index (χ4v) is 3.30. The molecule has 3 aromatic rings. The van der Waals surface area contributed by atoms with Gasteiger partial charge in [-0.2, -0.15) is 0 Å². The number of fused-ring (bicyclic) bond motifs is 1. The minimum Gasteiger partial charge on any atom is -0.467 e. The monoisotopic (exact) mass is 271 g/mol. The van der Waals surface area contributed by atoms with Crippen LogP contribution >= 0.6 is 11.3 Å². The summed E-state index contributed by atoms with van der Waals surface area (Å²) in [5.74, 6) is 0.981. The normalized spacial score (nSPS) is 12.9. The summed E-state index contributed by atoms with van der Waals surface area (Å²) in [7, 11) is 0. The SMILES string of the molecule is CCCNC(c1ccco1)c1cccc2ccsc12. The quantitative estimate of drug-likeness (QED) is 0.734. The molecule has 3 rings (SSSR count). The van der Waals surface area contributed by atoms with E-state index in [9.17, 15) is 0 Å². The fourth-order valence-electron chi connectivity index (χ4n) is 2.35. The number of rotatable bonds is 5. The molecule has 0 bridgehead atoms. The maximum Gasteiger partial charge on any atom is 0.125 e. The Balaban J connectivity index is 2.06. The summed E-state index contributed by atoms with van der Waals surface area (Å²) in [6, 6.07) is 12.8. The van der Waals surface area contributed by atoms with Crippen molar-refractivity contribution < 1.29 is 4.42 Å². The predicted octanol–water partition coefficient (Wildman–Crippen LogP) is 4.58. The zero-order valence-corrected chi connectivity index (χ0v) is 11.7. The van der Waals surface area contributed by atoms with E-state index in [1.165, 1.54) is 15.6 Å². The number of hydrogen-bond donors (Lipinski definition) is 1. The average molecular weight is 271 g/mol. The molecule has 0 aliphatic heterocycles. The van der Waals surface area contributed by atoms with Crippen LogP contribution in [0.3, 0.4) is 0 Å². The third kappa shape index (κ3) is 2.44. The molecule has 0 saturated heterocycles. The van der Waals surface area contributed by atoms with Crippen LogP contribution in [0.5, 0.6) is 0 Å². The van der Waals surface area contributed by atoms with Crippen LogP contribution in [0.15, 0.2) is 52.5 Å². The Bertz CT molecular complexity index is 642. The van der Waals surface area contributed by atoms with E-state index in [1.807, 2.05) is 12.1 Å². The molecule has 0 saturated carbocycles. The lowest BCUT2D eigenvalue weighted by atomic mass is 10.0. The van der Waals surface area contributed by atoms with E-state index in [4.69, 9.17) is 4.42 Å². The molecule has 98 valence electrons. The van der Waals surface area contributed by atoms with Crippen LogP contribution in [0.1, 0.15) is 30.7 Å².